The summed E-state index contributed by atoms with van der Waals surface area (Å²) in [6.45, 7) is 6.76. The number of likely N-dealkylation sites (N-methyl/N-ethyl adjacent to an activating group) is 1. The van der Waals surface area contributed by atoms with Gasteiger partial charge in [0.2, 0.25) is 0 Å². The molecule has 0 aliphatic heterocycles. The fraction of sp³-hybridized carbons (Fsp3) is 0.667. The van der Waals surface area contributed by atoms with Crippen molar-refractivity contribution < 1.29 is 0 Å². The molecule has 0 amide bonds. The van der Waals surface area contributed by atoms with E-state index in [0.717, 1.165) is 25.7 Å². The van der Waals surface area contributed by atoms with Crippen LogP contribution in [0.1, 0.15) is 37.8 Å². The van der Waals surface area contributed by atoms with Gasteiger partial charge in [-0.1, -0.05) is 37.3 Å². The molecule has 118 valence electrons. The average Bonchev–Trinajstić information content (AvgIpc) is 3.30. The Bertz CT molecular complexity index is 387. The molecule has 1 aliphatic rings. The third kappa shape index (κ3) is 5.77. The number of rotatable bonds is 10. The van der Waals surface area contributed by atoms with Crippen LogP contribution in [0.3, 0.4) is 0 Å². The molecule has 1 aromatic rings. The fourth-order valence-electron chi connectivity index (χ4n) is 2.74. The summed E-state index contributed by atoms with van der Waals surface area (Å²) < 4.78 is 0. The SMILES string of the molecule is CCCN(CCN(C)C)C(CNC1CC1)c1ccccc1. The van der Waals surface area contributed by atoms with E-state index in [1.165, 1.54) is 31.4 Å². The van der Waals surface area contributed by atoms with E-state index in [1.54, 1.807) is 0 Å². The van der Waals surface area contributed by atoms with Crippen LogP contribution >= 0.6 is 0 Å². The lowest BCUT2D eigenvalue weighted by atomic mass is 10.0. The zero-order valence-electron chi connectivity index (χ0n) is 13.9. The second-order valence-electron chi connectivity index (χ2n) is 6.45. The van der Waals surface area contributed by atoms with Gasteiger partial charge < -0.3 is 10.2 Å². The van der Waals surface area contributed by atoms with Crippen molar-refractivity contribution in [3.63, 3.8) is 0 Å². The molecule has 1 N–H and O–H groups in total. The third-order valence-corrected chi connectivity index (χ3v) is 4.15. The molecule has 1 atom stereocenters. The molecule has 1 aromatic carbocycles. The Labute approximate surface area is 130 Å². The van der Waals surface area contributed by atoms with Crippen molar-refractivity contribution in [1.82, 2.24) is 15.1 Å². The molecular formula is C18H31N3. The molecule has 0 saturated heterocycles. The van der Waals surface area contributed by atoms with E-state index in [-0.39, 0.29) is 0 Å². The number of hydrogen-bond acceptors (Lipinski definition) is 3. The molecule has 1 saturated carbocycles. The van der Waals surface area contributed by atoms with Crippen LogP contribution in [-0.4, -0.2) is 56.1 Å². The largest absolute Gasteiger partial charge is 0.312 e. The van der Waals surface area contributed by atoms with E-state index in [1.807, 2.05) is 0 Å². The van der Waals surface area contributed by atoms with Crippen LogP contribution in [0.4, 0.5) is 0 Å². The van der Waals surface area contributed by atoms with Crippen molar-refractivity contribution in [3.05, 3.63) is 35.9 Å². The van der Waals surface area contributed by atoms with Crippen LogP contribution in [0.2, 0.25) is 0 Å². The van der Waals surface area contributed by atoms with E-state index in [2.05, 4.69) is 66.5 Å². The van der Waals surface area contributed by atoms with E-state index in [0.29, 0.717) is 6.04 Å². The molecule has 1 fully saturated rings. The first-order valence-corrected chi connectivity index (χ1v) is 8.37. The van der Waals surface area contributed by atoms with E-state index in [9.17, 15) is 0 Å². The maximum atomic E-state index is 3.73. The Morgan fingerprint density at radius 1 is 1.10 bits per heavy atom. The highest BCUT2D eigenvalue weighted by molar-refractivity contribution is 5.19. The van der Waals surface area contributed by atoms with E-state index >= 15 is 0 Å². The van der Waals surface area contributed by atoms with E-state index < -0.39 is 0 Å². The first kappa shape index (κ1) is 16.5. The zero-order valence-corrected chi connectivity index (χ0v) is 13.9. The highest BCUT2D eigenvalue weighted by Gasteiger charge is 2.25. The Hall–Kier alpha value is -0.900. The Morgan fingerprint density at radius 2 is 1.81 bits per heavy atom. The molecule has 2 rings (SSSR count). The van der Waals surface area contributed by atoms with Gasteiger partial charge in [-0.15, -0.1) is 0 Å². The molecule has 0 spiro atoms. The molecule has 1 aliphatic carbocycles. The summed E-state index contributed by atoms with van der Waals surface area (Å²) in [5.74, 6) is 0. The normalized spacial score (nSPS) is 16.6. The lowest BCUT2D eigenvalue weighted by Crippen LogP contribution is -2.40. The summed E-state index contributed by atoms with van der Waals surface area (Å²) in [6, 6.07) is 12.2. The van der Waals surface area contributed by atoms with Crippen LogP contribution < -0.4 is 5.32 Å². The molecule has 1 unspecified atom stereocenters. The molecule has 0 bridgehead atoms. The topological polar surface area (TPSA) is 18.5 Å². The second-order valence-corrected chi connectivity index (χ2v) is 6.45. The van der Waals surface area contributed by atoms with Gasteiger partial charge in [0.1, 0.15) is 0 Å². The van der Waals surface area contributed by atoms with Crippen LogP contribution in [0.15, 0.2) is 30.3 Å². The van der Waals surface area contributed by atoms with Gasteiger partial charge in [0, 0.05) is 31.7 Å². The van der Waals surface area contributed by atoms with Crippen molar-refractivity contribution in [2.75, 3.05) is 40.3 Å². The fourth-order valence-corrected chi connectivity index (χ4v) is 2.74. The molecule has 0 radical (unpaired) electrons. The first-order chi connectivity index (χ1) is 10.2. The Morgan fingerprint density at radius 3 is 2.38 bits per heavy atom. The van der Waals surface area contributed by atoms with E-state index in [4.69, 9.17) is 0 Å². The second kappa shape index (κ2) is 8.52. The Balaban J connectivity index is 2.05. The molecular weight excluding hydrogens is 258 g/mol. The average molecular weight is 289 g/mol. The predicted octanol–water partition coefficient (Wildman–Crippen LogP) is 2.75. The maximum absolute atomic E-state index is 3.73. The number of nitrogens with one attached hydrogen (secondary N) is 1. The van der Waals surface area contributed by atoms with Crippen molar-refractivity contribution in [2.45, 2.75) is 38.3 Å². The van der Waals surface area contributed by atoms with Gasteiger partial charge in [0.25, 0.3) is 0 Å². The summed E-state index contributed by atoms with van der Waals surface area (Å²) in [5, 5.41) is 3.73. The van der Waals surface area contributed by atoms with Gasteiger partial charge in [-0.2, -0.15) is 0 Å². The summed E-state index contributed by atoms with van der Waals surface area (Å²) >= 11 is 0. The Kier molecular flexibility index (Phi) is 6.68. The van der Waals surface area contributed by atoms with Crippen LogP contribution in [-0.2, 0) is 0 Å². The van der Waals surface area contributed by atoms with Crippen molar-refractivity contribution in [2.24, 2.45) is 0 Å². The van der Waals surface area contributed by atoms with Gasteiger partial charge in [0.05, 0.1) is 0 Å². The van der Waals surface area contributed by atoms with Crippen molar-refractivity contribution in [1.29, 1.82) is 0 Å². The van der Waals surface area contributed by atoms with Crippen molar-refractivity contribution in [3.8, 4) is 0 Å². The third-order valence-electron chi connectivity index (χ3n) is 4.15. The first-order valence-electron chi connectivity index (χ1n) is 8.37. The lowest BCUT2D eigenvalue weighted by molar-refractivity contribution is 0.174. The van der Waals surface area contributed by atoms with Gasteiger partial charge in [-0.25, -0.2) is 0 Å². The van der Waals surface area contributed by atoms with Gasteiger partial charge in [0.15, 0.2) is 0 Å². The predicted molar refractivity (Wildman–Crippen MR) is 90.6 cm³/mol. The highest BCUT2D eigenvalue weighted by Crippen LogP contribution is 2.24. The minimum atomic E-state index is 0.492. The number of benzene rings is 1. The molecule has 3 heteroatoms. The molecule has 21 heavy (non-hydrogen) atoms. The smallest absolute Gasteiger partial charge is 0.0473 e. The van der Waals surface area contributed by atoms with Crippen molar-refractivity contribution >= 4 is 0 Å². The summed E-state index contributed by atoms with van der Waals surface area (Å²) in [4.78, 5) is 4.92. The summed E-state index contributed by atoms with van der Waals surface area (Å²) in [7, 11) is 4.31. The zero-order chi connectivity index (χ0) is 15.1. The summed E-state index contributed by atoms with van der Waals surface area (Å²) in [6.07, 6.45) is 3.92. The van der Waals surface area contributed by atoms with Crippen LogP contribution in [0, 0.1) is 0 Å². The minimum absolute atomic E-state index is 0.492. The van der Waals surface area contributed by atoms with Gasteiger partial charge >= 0.3 is 0 Å². The summed E-state index contributed by atoms with van der Waals surface area (Å²) in [5.41, 5.74) is 1.44. The quantitative estimate of drug-likeness (QED) is 0.714. The maximum Gasteiger partial charge on any atom is 0.0473 e. The lowest BCUT2D eigenvalue weighted by Gasteiger charge is -2.33. The van der Waals surface area contributed by atoms with Gasteiger partial charge in [-0.3, -0.25) is 4.90 Å². The highest BCUT2D eigenvalue weighted by atomic mass is 15.2. The monoisotopic (exact) mass is 289 g/mol. The molecule has 0 aromatic heterocycles. The standard InChI is InChI=1S/C18H31N3/c1-4-12-21(14-13-20(2)3)18(15-19-17-10-11-17)16-8-6-5-7-9-16/h5-9,17-19H,4,10-15H2,1-3H3. The molecule has 3 nitrogen and oxygen atoms in total. The van der Waals surface area contributed by atoms with Gasteiger partial charge in [-0.05, 0) is 45.5 Å². The number of nitrogens with zero attached hydrogens (tertiary/aromatic N) is 2. The van der Waals surface area contributed by atoms with Crippen LogP contribution in [0.25, 0.3) is 0 Å². The number of hydrogen-bond donors (Lipinski definition) is 1. The minimum Gasteiger partial charge on any atom is -0.312 e. The van der Waals surface area contributed by atoms with Crippen LogP contribution in [0.5, 0.6) is 0 Å². The molecule has 0 heterocycles.